The number of esters is 1. The molecule has 1 heterocycles. The molecule has 0 amide bonds. The number of aryl methyl sites for hydroxylation is 1. The first-order valence-corrected chi connectivity index (χ1v) is 7.98. The molecule has 0 saturated carbocycles. The van der Waals surface area contributed by atoms with Crippen LogP contribution >= 0.6 is 15.9 Å². The van der Waals surface area contributed by atoms with E-state index in [0.29, 0.717) is 5.58 Å². The summed E-state index contributed by atoms with van der Waals surface area (Å²) < 4.78 is 17.3. The zero-order chi connectivity index (χ0) is 16.2. The second-order valence-corrected chi connectivity index (χ2v) is 5.91. The number of carbonyl (C=O) groups excluding carboxylic acids is 1. The first-order chi connectivity index (χ1) is 11.1. The second kappa shape index (κ2) is 6.87. The van der Waals surface area contributed by atoms with Crippen molar-refractivity contribution in [1.29, 1.82) is 0 Å². The Morgan fingerprint density at radius 2 is 1.83 bits per heavy atom. The molecule has 0 radical (unpaired) electrons. The van der Waals surface area contributed by atoms with Gasteiger partial charge in [0.2, 0.25) is 5.76 Å². The minimum absolute atomic E-state index is 0.158. The molecule has 0 aliphatic heterocycles. The molecule has 0 aliphatic rings. The van der Waals surface area contributed by atoms with E-state index in [4.69, 9.17) is 13.9 Å². The van der Waals surface area contributed by atoms with E-state index in [1.807, 2.05) is 55.5 Å². The van der Waals surface area contributed by atoms with Crippen molar-refractivity contribution >= 4 is 32.9 Å². The zero-order valence-corrected chi connectivity index (χ0v) is 14.1. The van der Waals surface area contributed by atoms with Crippen molar-refractivity contribution in [2.75, 3.05) is 13.2 Å². The molecule has 2 aromatic carbocycles. The molecular weight excluding hydrogens is 360 g/mol. The summed E-state index contributed by atoms with van der Waals surface area (Å²) in [6.45, 7) is 2.29. The third-order valence-electron chi connectivity index (χ3n) is 3.43. The smallest absolute Gasteiger partial charge is 0.374 e. The van der Waals surface area contributed by atoms with Crippen LogP contribution in [0.4, 0.5) is 0 Å². The van der Waals surface area contributed by atoms with E-state index in [1.54, 1.807) is 0 Å². The van der Waals surface area contributed by atoms with Crippen molar-refractivity contribution in [2.24, 2.45) is 0 Å². The predicted molar refractivity (Wildman–Crippen MR) is 90.9 cm³/mol. The molecule has 0 aliphatic carbocycles. The Balaban J connectivity index is 1.56. The van der Waals surface area contributed by atoms with Crippen molar-refractivity contribution in [1.82, 2.24) is 0 Å². The molecule has 3 aromatic rings. The molecule has 118 valence electrons. The van der Waals surface area contributed by atoms with Crippen LogP contribution < -0.4 is 4.74 Å². The molecular formula is C18H15BrO4. The van der Waals surface area contributed by atoms with Gasteiger partial charge in [0.05, 0.1) is 0 Å². The first kappa shape index (κ1) is 15.6. The standard InChI is InChI=1S/C18H15BrO4/c1-12-15-4-2-3-5-16(15)23-17(12)18(20)22-11-10-21-14-8-6-13(19)7-9-14/h2-9H,10-11H2,1H3. The predicted octanol–water partition coefficient (Wildman–Crippen LogP) is 4.74. The maximum absolute atomic E-state index is 12.1. The lowest BCUT2D eigenvalue weighted by atomic mass is 10.1. The summed E-state index contributed by atoms with van der Waals surface area (Å²) in [5.41, 5.74) is 1.47. The van der Waals surface area contributed by atoms with Gasteiger partial charge in [0.15, 0.2) is 0 Å². The highest BCUT2D eigenvalue weighted by molar-refractivity contribution is 9.10. The highest BCUT2D eigenvalue weighted by Crippen LogP contribution is 2.25. The highest BCUT2D eigenvalue weighted by Gasteiger charge is 2.18. The van der Waals surface area contributed by atoms with Gasteiger partial charge in [-0.1, -0.05) is 34.1 Å². The first-order valence-electron chi connectivity index (χ1n) is 7.19. The monoisotopic (exact) mass is 374 g/mol. The molecule has 0 unspecified atom stereocenters. The lowest BCUT2D eigenvalue weighted by Gasteiger charge is -2.06. The van der Waals surface area contributed by atoms with Crippen molar-refractivity contribution in [3.05, 3.63) is 64.3 Å². The van der Waals surface area contributed by atoms with Crippen molar-refractivity contribution in [2.45, 2.75) is 6.92 Å². The van der Waals surface area contributed by atoms with Gasteiger partial charge in [-0.05, 0) is 37.3 Å². The maximum Gasteiger partial charge on any atom is 0.374 e. The van der Waals surface area contributed by atoms with Crippen LogP contribution in [0.15, 0.2) is 57.4 Å². The molecule has 1 aromatic heterocycles. The van der Waals surface area contributed by atoms with Gasteiger partial charge < -0.3 is 13.9 Å². The molecule has 0 atom stereocenters. The fourth-order valence-corrected chi connectivity index (χ4v) is 2.52. The number of hydrogen-bond donors (Lipinski definition) is 0. The van der Waals surface area contributed by atoms with Crippen molar-refractivity contribution in [3.63, 3.8) is 0 Å². The van der Waals surface area contributed by atoms with Crippen LogP contribution in [0, 0.1) is 6.92 Å². The van der Waals surface area contributed by atoms with Crippen LogP contribution in [0.3, 0.4) is 0 Å². The summed E-state index contributed by atoms with van der Waals surface area (Å²) in [6, 6.07) is 15.0. The lowest BCUT2D eigenvalue weighted by Crippen LogP contribution is -2.12. The highest BCUT2D eigenvalue weighted by atomic mass is 79.9. The van der Waals surface area contributed by atoms with Gasteiger partial charge in [-0.3, -0.25) is 0 Å². The Morgan fingerprint density at radius 3 is 2.57 bits per heavy atom. The summed E-state index contributed by atoms with van der Waals surface area (Å²) in [5.74, 6) is 0.497. The quantitative estimate of drug-likeness (QED) is 0.478. The summed E-state index contributed by atoms with van der Waals surface area (Å²) in [5, 5.41) is 0.922. The third kappa shape index (κ3) is 3.56. The van der Waals surface area contributed by atoms with E-state index in [2.05, 4.69) is 15.9 Å². The molecule has 3 rings (SSSR count). The third-order valence-corrected chi connectivity index (χ3v) is 3.96. The number of halogens is 1. The fraction of sp³-hybridized carbons (Fsp3) is 0.167. The number of fused-ring (bicyclic) bond motifs is 1. The number of para-hydroxylation sites is 1. The Kier molecular flexibility index (Phi) is 4.67. The molecule has 4 nitrogen and oxygen atoms in total. The van der Waals surface area contributed by atoms with E-state index >= 15 is 0 Å². The van der Waals surface area contributed by atoms with Gasteiger partial charge in [0.1, 0.15) is 24.5 Å². The number of furan rings is 1. The van der Waals surface area contributed by atoms with E-state index in [9.17, 15) is 4.79 Å². The molecule has 23 heavy (non-hydrogen) atoms. The van der Waals surface area contributed by atoms with Crippen molar-refractivity contribution < 1.29 is 18.7 Å². The summed E-state index contributed by atoms with van der Waals surface area (Å²) in [6.07, 6.45) is 0. The largest absolute Gasteiger partial charge is 0.490 e. The van der Waals surface area contributed by atoms with Crippen LogP contribution in [-0.4, -0.2) is 19.2 Å². The van der Waals surface area contributed by atoms with E-state index in [0.717, 1.165) is 21.2 Å². The number of ether oxygens (including phenoxy) is 2. The fourth-order valence-electron chi connectivity index (χ4n) is 2.26. The maximum atomic E-state index is 12.1. The minimum Gasteiger partial charge on any atom is -0.490 e. The Labute approximate surface area is 142 Å². The number of carbonyl (C=O) groups is 1. The number of rotatable bonds is 5. The van der Waals surface area contributed by atoms with Gasteiger partial charge in [-0.25, -0.2) is 4.79 Å². The lowest BCUT2D eigenvalue weighted by molar-refractivity contribution is 0.0416. The molecule has 0 spiro atoms. The van der Waals surface area contributed by atoms with Crippen molar-refractivity contribution in [3.8, 4) is 5.75 Å². The van der Waals surface area contributed by atoms with Crippen LogP contribution in [0.1, 0.15) is 16.1 Å². The van der Waals surface area contributed by atoms with Crippen LogP contribution in [0.25, 0.3) is 11.0 Å². The molecule has 0 saturated heterocycles. The van der Waals surface area contributed by atoms with Gasteiger partial charge in [0, 0.05) is 15.4 Å². The van der Waals surface area contributed by atoms with Crippen LogP contribution in [0.2, 0.25) is 0 Å². The normalized spacial score (nSPS) is 10.7. The average Bonchev–Trinajstić information content (AvgIpc) is 2.90. The number of hydrogen-bond acceptors (Lipinski definition) is 4. The Morgan fingerprint density at radius 1 is 1.09 bits per heavy atom. The van der Waals surface area contributed by atoms with Gasteiger partial charge in [-0.15, -0.1) is 0 Å². The van der Waals surface area contributed by atoms with Gasteiger partial charge in [-0.2, -0.15) is 0 Å². The van der Waals surface area contributed by atoms with E-state index < -0.39 is 5.97 Å². The Bertz CT molecular complexity index is 821. The SMILES string of the molecule is Cc1c(C(=O)OCCOc2ccc(Br)cc2)oc2ccccc12. The van der Waals surface area contributed by atoms with E-state index in [-0.39, 0.29) is 19.0 Å². The van der Waals surface area contributed by atoms with Crippen LogP contribution in [0.5, 0.6) is 5.75 Å². The molecule has 5 heteroatoms. The zero-order valence-electron chi connectivity index (χ0n) is 12.5. The topological polar surface area (TPSA) is 48.7 Å². The summed E-state index contributed by atoms with van der Waals surface area (Å²) in [7, 11) is 0. The van der Waals surface area contributed by atoms with Gasteiger partial charge in [0.25, 0.3) is 0 Å². The van der Waals surface area contributed by atoms with Gasteiger partial charge >= 0.3 is 5.97 Å². The molecule has 0 N–H and O–H groups in total. The summed E-state index contributed by atoms with van der Waals surface area (Å²) in [4.78, 5) is 12.1. The molecule has 0 fully saturated rings. The summed E-state index contributed by atoms with van der Waals surface area (Å²) >= 11 is 3.36. The molecule has 0 bridgehead atoms. The second-order valence-electron chi connectivity index (χ2n) is 4.99. The minimum atomic E-state index is -0.474. The Hall–Kier alpha value is -2.27. The number of benzene rings is 2. The van der Waals surface area contributed by atoms with E-state index in [1.165, 1.54) is 0 Å². The average molecular weight is 375 g/mol. The van der Waals surface area contributed by atoms with Crippen LogP contribution in [-0.2, 0) is 4.74 Å².